The highest BCUT2D eigenvalue weighted by Crippen LogP contribution is 2.33. The molecule has 0 bridgehead atoms. The molecule has 8 heteroatoms. The second kappa shape index (κ2) is 6.05. The number of carbonyl (C=O) groups is 1. The van der Waals surface area contributed by atoms with Crippen molar-refractivity contribution in [1.82, 2.24) is 9.97 Å². The number of carbonyl (C=O) groups excluding carboxylic acids is 1. The lowest BCUT2D eigenvalue weighted by atomic mass is 10.3. The average Bonchev–Trinajstić information content (AvgIpc) is 2.33. The Morgan fingerprint density at radius 2 is 1.79 bits per heavy atom. The van der Waals surface area contributed by atoms with Crippen LogP contribution in [-0.4, -0.2) is 15.9 Å². The average molecular weight is 381 g/mol. The third kappa shape index (κ3) is 3.57. The van der Waals surface area contributed by atoms with Crippen molar-refractivity contribution in [3.63, 3.8) is 0 Å². The van der Waals surface area contributed by atoms with Crippen LogP contribution in [0.3, 0.4) is 0 Å². The maximum absolute atomic E-state index is 12.0. The van der Waals surface area contributed by atoms with E-state index in [9.17, 15) is 4.79 Å². The zero-order valence-electron chi connectivity index (χ0n) is 9.12. The summed E-state index contributed by atoms with van der Waals surface area (Å²) >= 11 is 20.9. The Bertz CT molecular complexity index is 628. The minimum atomic E-state index is -0.499. The van der Waals surface area contributed by atoms with Crippen molar-refractivity contribution in [2.24, 2.45) is 0 Å². The van der Waals surface area contributed by atoms with E-state index in [0.29, 0.717) is 20.2 Å². The van der Waals surface area contributed by atoms with Gasteiger partial charge in [0.15, 0.2) is 0 Å². The molecule has 0 aliphatic rings. The van der Waals surface area contributed by atoms with Crippen LogP contribution in [-0.2, 0) is 0 Å². The molecule has 0 unspecified atom stereocenters. The van der Waals surface area contributed by atoms with Crippen molar-refractivity contribution in [2.45, 2.75) is 0 Å². The Hall–Kier alpha value is -0.880. The molecule has 0 aliphatic heterocycles. The molecule has 0 saturated heterocycles. The fraction of sp³-hybridized carbons (Fsp3) is 0. The Balaban J connectivity index is 2.29. The van der Waals surface area contributed by atoms with Crippen LogP contribution in [0.1, 0.15) is 10.5 Å². The van der Waals surface area contributed by atoms with Gasteiger partial charge in [0.05, 0.1) is 28.1 Å². The first-order valence-electron chi connectivity index (χ1n) is 4.91. The highest BCUT2D eigenvalue weighted by molar-refractivity contribution is 9.10. The Kier molecular flexibility index (Phi) is 4.62. The molecule has 1 aromatic carbocycles. The molecule has 0 aliphatic carbocycles. The Labute approximate surface area is 132 Å². The standard InChI is InChI=1S/C11H5BrCl3N3O/c12-5-1-6(13)10(7(14)2-5)18-11(19)8-3-16-4-9(15)17-8/h1-4H,(H,18,19). The van der Waals surface area contributed by atoms with Crippen molar-refractivity contribution in [3.05, 3.63) is 49.9 Å². The molecular weight excluding hydrogens is 376 g/mol. The van der Waals surface area contributed by atoms with E-state index in [0.717, 1.165) is 0 Å². The van der Waals surface area contributed by atoms with Crippen molar-refractivity contribution in [3.8, 4) is 0 Å². The van der Waals surface area contributed by atoms with E-state index in [4.69, 9.17) is 34.8 Å². The molecule has 19 heavy (non-hydrogen) atoms. The van der Waals surface area contributed by atoms with Gasteiger partial charge in [0.2, 0.25) is 0 Å². The van der Waals surface area contributed by atoms with Crippen molar-refractivity contribution < 1.29 is 4.79 Å². The Morgan fingerprint density at radius 1 is 1.16 bits per heavy atom. The second-order valence-electron chi connectivity index (χ2n) is 3.43. The highest BCUT2D eigenvalue weighted by atomic mass is 79.9. The van der Waals surface area contributed by atoms with Crippen molar-refractivity contribution in [1.29, 1.82) is 0 Å². The second-order valence-corrected chi connectivity index (χ2v) is 5.54. The van der Waals surface area contributed by atoms with Crippen LogP contribution < -0.4 is 5.32 Å². The molecule has 1 aromatic heterocycles. The van der Waals surface area contributed by atoms with Crippen LogP contribution in [0, 0.1) is 0 Å². The number of halogens is 4. The molecule has 1 amide bonds. The first-order chi connectivity index (χ1) is 8.97. The highest BCUT2D eigenvalue weighted by Gasteiger charge is 2.14. The summed E-state index contributed by atoms with van der Waals surface area (Å²) < 4.78 is 0.711. The number of hydrogen-bond acceptors (Lipinski definition) is 3. The molecule has 0 atom stereocenters. The predicted molar refractivity (Wildman–Crippen MR) is 79.2 cm³/mol. The third-order valence-electron chi connectivity index (χ3n) is 2.08. The Morgan fingerprint density at radius 3 is 2.37 bits per heavy atom. The number of aromatic nitrogens is 2. The zero-order valence-corrected chi connectivity index (χ0v) is 13.0. The maximum atomic E-state index is 12.0. The van der Waals surface area contributed by atoms with E-state index in [2.05, 4.69) is 31.2 Å². The van der Waals surface area contributed by atoms with Gasteiger partial charge < -0.3 is 5.32 Å². The van der Waals surface area contributed by atoms with Gasteiger partial charge in [0.25, 0.3) is 5.91 Å². The summed E-state index contributed by atoms with van der Waals surface area (Å²) in [5.74, 6) is -0.499. The lowest BCUT2D eigenvalue weighted by Gasteiger charge is -2.09. The summed E-state index contributed by atoms with van der Waals surface area (Å²) in [5, 5.41) is 3.31. The van der Waals surface area contributed by atoms with Gasteiger partial charge in [-0.05, 0) is 12.1 Å². The van der Waals surface area contributed by atoms with Gasteiger partial charge in [-0.3, -0.25) is 9.78 Å². The minimum Gasteiger partial charge on any atom is -0.318 e. The third-order valence-corrected chi connectivity index (χ3v) is 3.32. The minimum absolute atomic E-state index is 0.0718. The summed E-state index contributed by atoms with van der Waals surface area (Å²) in [4.78, 5) is 19.6. The molecule has 0 spiro atoms. The molecule has 0 saturated carbocycles. The fourth-order valence-corrected chi connectivity index (χ4v) is 2.74. The first-order valence-corrected chi connectivity index (χ1v) is 6.83. The first kappa shape index (κ1) is 14.5. The maximum Gasteiger partial charge on any atom is 0.276 e. The predicted octanol–water partition coefficient (Wildman–Crippen LogP) is 4.45. The molecule has 2 rings (SSSR count). The number of anilines is 1. The monoisotopic (exact) mass is 379 g/mol. The molecular formula is C11H5BrCl3N3O. The fourth-order valence-electron chi connectivity index (χ4n) is 1.29. The van der Waals surface area contributed by atoms with Gasteiger partial charge in [0.1, 0.15) is 10.8 Å². The van der Waals surface area contributed by atoms with Crippen LogP contribution in [0.25, 0.3) is 0 Å². The molecule has 2 aromatic rings. The largest absolute Gasteiger partial charge is 0.318 e. The van der Waals surface area contributed by atoms with Crippen molar-refractivity contribution in [2.75, 3.05) is 5.32 Å². The molecule has 98 valence electrons. The van der Waals surface area contributed by atoms with Gasteiger partial charge in [-0.2, -0.15) is 0 Å². The van der Waals surface area contributed by atoms with Crippen molar-refractivity contribution >= 4 is 62.3 Å². The molecule has 0 fully saturated rings. The van der Waals surface area contributed by atoms with E-state index in [1.54, 1.807) is 12.1 Å². The van der Waals surface area contributed by atoms with Crippen LogP contribution in [0.4, 0.5) is 5.69 Å². The number of rotatable bonds is 2. The molecule has 0 radical (unpaired) electrons. The molecule has 4 nitrogen and oxygen atoms in total. The van der Waals surface area contributed by atoms with E-state index in [1.807, 2.05) is 0 Å². The summed E-state index contributed by atoms with van der Waals surface area (Å²) in [6, 6.07) is 3.24. The van der Waals surface area contributed by atoms with E-state index >= 15 is 0 Å². The SMILES string of the molecule is O=C(Nc1c(Cl)cc(Br)cc1Cl)c1cncc(Cl)n1. The van der Waals surface area contributed by atoms with Gasteiger partial charge in [0, 0.05) is 4.47 Å². The quantitative estimate of drug-likeness (QED) is 0.836. The van der Waals surface area contributed by atoms with Crippen LogP contribution >= 0.6 is 50.7 Å². The van der Waals surface area contributed by atoms with E-state index in [1.165, 1.54) is 12.4 Å². The zero-order chi connectivity index (χ0) is 14.0. The summed E-state index contributed by atoms with van der Waals surface area (Å²) in [5.41, 5.74) is 0.376. The van der Waals surface area contributed by atoms with Gasteiger partial charge in [-0.1, -0.05) is 50.7 Å². The molecule has 1 N–H and O–H groups in total. The topological polar surface area (TPSA) is 54.9 Å². The normalized spacial score (nSPS) is 10.3. The van der Waals surface area contributed by atoms with Gasteiger partial charge >= 0.3 is 0 Å². The van der Waals surface area contributed by atoms with Crippen LogP contribution in [0.15, 0.2) is 29.0 Å². The summed E-state index contributed by atoms with van der Waals surface area (Å²) in [6.45, 7) is 0. The van der Waals surface area contributed by atoms with E-state index < -0.39 is 5.91 Å². The smallest absolute Gasteiger partial charge is 0.276 e. The molecule has 1 heterocycles. The van der Waals surface area contributed by atoms with Gasteiger partial charge in [-0.25, -0.2) is 4.98 Å². The number of nitrogens with zero attached hydrogens (tertiary/aromatic N) is 2. The summed E-state index contributed by atoms with van der Waals surface area (Å²) in [6.07, 6.45) is 2.62. The van der Waals surface area contributed by atoms with Crippen LogP contribution in [0.2, 0.25) is 15.2 Å². The number of hydrogen-bond donors (Lipinski definition) is 1. The lowest BCUT2D eigenvalue weighted by molar-refractivity contribution is 0.102. The number of nitrogens with one attached hydrogen (secondary N) is 1. The summed E-state index contributed by atoms with van der Waals surface area (Å²) in [7, 11) is 0. The van der Waals surface area contributed by atoms with E-state index in [-0.39, 0.29) is 10.8 Å². The number of amides is 1. The lowest BCUT2D eigenvalue weighted by Crippen LogP contribution is -2.14. The van der Waals surface area contributed by atoms with Crippen LogP contribution in [0.5, 0.6) is 0 Å². The number of benzene rings is 1. The van der Waals surface area contributed by atoms with Gasteiger partial charge in [-0.15, -0.1) is 0 Å².